The Morgan fingerprint density at radius 2 is 1.89 bits per heavy atom. The van der Waals surface area contributed by atoms with Gasteiger partial charge in [0.05, 0.1) is 0 Å². The summed E-state index contributed by atoms with van der Waals surface area (Å²) in [5, 5.41) is 3.02. The summed E-state index contributed by atoms with van der Waals surface area (Å²) >= 11 is 1.69. The minimum Gasteiger partial charge on any atom is -0.350 e. The van der Waals surface area contributed by atoms with Crippen molar-refractivity contribution >= 4 is 29.3 Å². The summed E-state index contributed by atoms with van der Waals surface area (Å²) in [4.78, 5) is 28.6. The van der Waals surface area contributed by atoms with Crippen molar-refractivity contribution in [2.45, 2.75) is 50.1 Å². The van der Waals surface area contributed by atoms with E-state index in [9.17, 15) is 9.59 Å². The lowest BCUT2D eigenvalue weighted by molar-refractivity contribution is -0.126. The summed E-state index contributed by atoms with van der Waals surface area (Å²) in [5.41, 5.74) is 3.08. The van der Waals surface area contributed by atoms with Gasteiger partial charge < -0.3 is 5.32 Å². The lowest BCUT2D eigenvalue weighted by atomic mass is 10.1. The molecule has 0 radical (unpaired) electrons. The molecule has 0 saturated heterocycles. The second-order valence-corrected chi connectivity index (χ2v) is 7.62. The van der Waals surface area contributed by atoms with E-state index < -0.39 is 6.04 Å². The van der Waals surface area contributed by atoms with Gasteiger partial charge in [0.2, 0.25) is 11.8 Å². The Labute approximate surface area is 165 Å². The van der Waals surface area contributed by atoms with Crippen molar-refractivity contribution in [1.82, 2.24) is 5.32 Å². The molecule has 0 aliphatic carbocycles. The van der Waals surface area contributed by atoms with Gasteiger partial charge in [0.1, 0.15) is 6.04 Å². The van der Waals surface area contributed by atoms with Crippen molar-refractivity contribution in [3.63, 3.8) is 0 Å². The molecule has 4 nitrogen and oxygen atoms in total. The molecule has 2 aromatic carbocycles. The van der Waals surface area contributed by atoms with E-state index in [4.69, 9.17) is 0 Å². The Morgan fingerprint density at radius 3 is 2.59 bits per heavy atom. The van der Waals surface area contributed by atoms with Crippen LogP contribution in [0.25, 0.3) is 0 Å². The Balaban J connectivity index is 1.76. The highest BCUT2D eigenvalue weighted by atomic mass is 32.2. The molecule has 1 heterocycles. The van der Waals surface area contributed by atoms with Crippen LogP contribution in [0.3, 0.4) is 0 Å². The average Bonchev–Trinajstić information content (AvgIpc) is 2.86. The minimum absolute atomic E-state index is 0.0336. The number of carbonyl (C=O) groups is 2. The molecule has 1 atom stereocenters. The number of nitrogens with one attached hydrogen (secondary N) is 1. The molecule has 142 valence electrons. The number of hydrogen-bond donors (Lipinski definition) is 1. The van der Waals surface area contributed by atoms with Crippen LogP contribution in [0, 0.1) is 0 Å². The van der Waals surface area contributed by atoms with Crippen LogP contribution in [0.15, 0.2) is 53.4 Å². The molecule has 27 heavy (non-hydrogen) atoms. The van der Waals surface area contributed by atoms with Crippen molar-refractivity contribution in [3.05, 3.63) is 59.7 Å². The van der Waals surface area contributed by atoms with Gasteiger partial charge >= 0.3 is 0 Å². The third kappa shape index (κ3) is 4.53. The van der Waals surface area contributed by atoms with E-state index in [1.807, 2.05) is 43.5 Å². The van der Waals surface area contributed by atoms with Crippen molar-refractivity contribution in [2.24, 2.45) is 0 Å². The van der Waals surface area contributed by atoms with Crippen LogP contribution >= 0.6 is 11.8 Å². The first-order valence-electron chi connectivity index (χ1n) is 9.44. The van der Waals surface area contributed by atoms with Gasteiger partial charge in [0.15, 0.2) is 0 Å². The maximum absolute atomic E-state index is 12.9. The number of nitrogens with zero attached hydrogens (tertiary/aromatic N) is 1. The van der Waals surface area contributed by atoms with E-state index in [0.717, 1.165) is 29.7 Å². The highest BCUT2D eigenvalue weighted by molar-refractivity contribution is 7.98. The zero-order valence-corrected chi connectivity index (χ0v) is 16.7. The first-order chi connectivity index (χ1) is 13.1. The Morgan fingerprint density at radius 1 is 1.15 bits per heavy atom. The Kier molecular flexibility index (Phi) is 6.56. The van der Waals surface area contributed by atoms with Crippen molar-refractivity contribution in [1.29, 1.82) is 0 Å². The highest BCUT2D eigenvalue weighted by Gasteiger charge is 2.32. The molecule has 2 aromatic rings. The molecule has 0 unspecified atom stereocenters. The summed E-state index contributed by atoms with van der Waals surface area (Å²) in [6.45, 7) is 2.42. The van der Waals surface area contributed by atoms with Crippen LogP contribution in [0.4, 0.5) is 5.69 Å². The van der Waals surface area contributed by atoms with E-state index >= 15 is 0 Å². The fourth-order valence-corrected chi connectivity index (χ4v) is 3.93. The van der Waals surface area contributed by atoms with Gasteiger partial charge in [-0.25, -0.2) is 0 Å². The van der Waals surface area contributed by atoms with E-state index in [-0.39, 0.29) is 11.8 Å². The molecular weight excluding hydrogens is 356 g/mol. The summed E-state index contributed by atoms with van der Waals surface area (Å²) in [6, 6.07) is 15.6. The predicted octanol–water partition coefficient (Wildman–Crippen LogP) is 4.17. The number of rotatable bonds is 6. The zero-order chi connectivity index (χ0) is 19.2. The Hall–Kier alpha value is -2.27. The van der Waals surface area contributed by atoms with Crippen LogP contribution in [0.1, 0.15) is 37.3 Å². The van der Waals surface area contributed by atoms with E-state index in [0.29, 0.717) is 19.4 Å². The number of fused-ring (bicyclic) bond motifs is 1. The number of carbonyl (C=O) groups excluding carboxylic acids is 2. The fourth-order valence-electron chi connectivity index (χ4n) is 3.52. The molecular formula is C22H26N2O2S. The molecule has 0 fully saturated rings. The van der Waals surface area contributed by atoms with Crippen LogP contribution in [-0.2, 0) is 22.6 Å². The standard InChI is InChI=1S/C22H26N2O2S/c1-3-19(22(26)23-15-16-11-13-18(27-2)14-12-16)24-20-9-5-4-7-17(20)8-6-10-21(24)25/h4-5,7,9,11-14,19H,3,6,8,10,15H2,1-2H3,(H,23,26)/t19-/m1/s1. The SMILES string of the molecule is CC[C@H](C(=O)NCc1ccc(SC)cc1)N1C(=O)CCCc2ccccc21. The van der Waals surface area contributed by atoms with E-state index in [2.05, 4.69) is 23.5 Å². The molecule has 0 bridgehead atoms. The van der Waals surface area contributed by atoms with Crippen LogP contribution in [-0.4, -0.2) is 24.1 Å². The molecule has 1 aliphatic rings. The van der Waals surface area contributed by atoms with Gasteiger partial charge in [-0.3, -0.25) is 14.5 Å². The molecule has 0 spiro atoms. The molecule has 3 rings (SSSR count). The van der Waals surface area contributed by atoms with Gasteiger partial charge in [-0.1, -0.05) is 37.3 Å². The fraction of sp³-hybridized carbons (Fsp3) is 0.364. The second-order valence-electron chi connectivity index (χ2n) is 6.74. The van der Waals surface area contributed by atoms with Gasteiger partial charge in [0, 0.05) is 23.5 Å². The molecule has 5 heteroatoms. The topological polar surface area (TPSA) is 49.4 Å². The van der Waals surface area contributed by atoms with Crippen LogP contribution in [0.2, 0.25) is 0 Å². The lowest BCUT2D eigenvalue weighted by Crippen LogP contribution is -2.49. The van der Waals surface area contributed by atoms with Crippen molar-refractivity contribution in [2.75, 3.05) is 11.2 Å². The maximum atomic E-state index is 12.9. The van der Waals surface area contributed by atoms with Crippen molar-refractivity contribution < 1.29 is 9.59 Å². The molecule has 1 N–H and O–H groups in total. The Bertz CT molecular complexity index is 804. The average molecular weight is 383 g/mol. The summed E-state index contributed by atoms with van der Waals surface area (Å²) in [7, 11) is 0. The molecule has 0 aromatic heterocycles. The largest absolute Gasteiger partial charge is 0.350 e. The van der Waals surface area contributed by atoms with Crippen LogP contribution in [0.5, 0.6) is 0 Å². The second kappa shape index (κ2) is 9.09. The first kappa shape index (κ1) is 19.5. The summed E-state index contributed by atoms with van der Waals surface area (Å²) in [6.07, 6.45) is 4.80. The summed E-state index contributed by atoms with van der Waals surface area (Å²) < 4.78 is 0. The van der Waals surface area contributed by atoms with Gasteiger partial charge in [-0.15, -0.1) is 11.8 Å². The normalized spacial score (nSPS) is 15.0. The molecule has 0 saturated carbocycles. The van der Waals surface area contributed by atoms with Gasteiger partial charge in [-0.05, 0) is 54.8 Å². The molecule has 1 aliphatic heterocycles. The van der Waals surface area contributed by atoms with E-state index in [1.165, 1.54) is 4.90 Å². The first-order valence-corrected chi connectivity index (χ1v) is 10.7. The number of hydrogen-bond acceptors (Lipinski definition) is 3. The number of amides is 2. The van der Waals surface area contributed by atoms with Crippen molar-refractivity contribution in [3.8, 4) is 0 Å². The van der Waals surface area contributed by atoms with Gasteiger partial charge in [0.25, 0.3) is 0 Å². The maximum Gasteiger partial charge on any atom is 0.243 e. The smallest absolute Gasteiger partial charge is 0.243 e. The third-order valence-corrected chi connectivity index (χ3v) is 5.73. The predicted molar refractivity (Wildman–Crippen MR) is 111 cm³/mol. The zero-order valence-electron chi connectivity index (χ0n) is 15.9. The quantitative estimate of drug-likeness (QED) is 0.763. The van der Waals surface area contributed by atoms with E-state index in [1.54, 1.807) is 16.7 Å². The number of thioether (sulfide) groups is 1. The van der Waals surface area contributed by atoms with Gasteiger partial charge in [-0.2, -0.15) is 0 Å². The number of anilines is 1. The third-order valence-electron chi connectivity index (χ3n) is 4.98. The molecule has 2 amide bonds. The summed E-state index contributed by atoms with van der Waals surface area (Å²) in [5.74, 6) is -0.0669. The highest BCUT2D eigenvalue weighted by Crippen LogP contribution is 2.29. The number of benzene rings is 2. The lowest BCUT2D eigenvalue weighted by Gasteiger charge is -2.30. The minimum atomic E-state index is -0.484. The number of aryl methyl sites for hydroxylation is 1. The number of para-hydroxylation sites is 1. The monoisotopic (exact) mass is 382 g/mol. The van der Waals surface area contributed by atoms with Crippen LogP contribution < -0.4 is 10.2 Å².